The van der Waals surface area contributed by atoms with E-state index in [1.165, 1.54) is 11.1 Å². The molecule has 128 valence electrons. The lowest BCUT2D eigenvalue weighted by Crippen LogP contribution is -2.26. The van der Waals surface area contributed by atoms with Crippen molar-refractivity contribution in [2.75, 3.05) is 6.61 Å². The van der Waals surface area contributed by atoms with Crippen LogP contribution in [0.2, 0.25) is 0 Å². The molecular weight excluding hydrogens is 334 g/mol. The standard InChI is InChI=1S/C20H19NO3S/c22-19-18(25-20(23)21-19)11-14-6-7-17-16(9-14)10-15(12-24-17)8-13-4-2-1-3-5-13/h1-7,9,15,18H,8,10-12H2,(H,21,22,23). The zero-order chi connectivity index (χ0) is 17.2. The summed E-state index contributed by atoms with van der Waals surface area (Å²) in [6, 6.07) is 16.6. The van der Waals surface area contributed by atoms with Crippen LogP contribution >= 0.6 is 11.8 Å². The zero-order valence-electron chi connectivity index (χ0n) is 13.7. The van der Waals surface area contributed by atoms with Crippen molar-refractivity contribution >= 4 is 22.9 Å². The maximum Gasteiger partial charge on any atom is 0.286 e. The van der Waals surface area contributed by atoms with Gasteiger partial charge in [-0.1, -0.05) is 54.2 Å². The van der Waals surface area contributed by atoms with Crippen molar-refractivity contribution in [3.05, 3.63) is 65.2 Å². The number of hydrogen-bond acceptors (Lipinski definition) is 4. The highest BCUT2D eigenvalue weighted by Gasteiger charge is 2.31. The minimum absolute atomic E-state index is 0.189. The summed E-state index contributed by atoms with van der Waals surface area (Å²) in [4.78, 5) is 23.1. The summed E-state index contributed by atoms with van der Waals surface area (Å²) >= 11 is 1.08. The van der Waals surface area contributed by atoms with E-state index in [4.69, 9.17) is 4.74 Å². The molecule has 0 radical (unpaired) electrons. The summed E-state index contributed by atoms with van der Waals surface area (Å²) in [5, 5.41) is 1.77. The van der Waals surface area contributed by atoms with Gasteiger partial charge in [-0.15, -0.1) is 0 Å². The molecule has 2 aliphatic heterocycles. The highest BCUT2D eigenvalue weighted by atomic mass is 32.2. The average molecular weight is 353 g/mol. The Balaban J connectivity index is 1.46. The summed E-state index contributed by atoms with van der Waals surface area (Å²) in [6.45, 7) is 0.733. The maximum atomic E-state index is 11.8. The molecule has 2 amide bonds. The fourth-order valence-corrected chi connectivity index (χ4v) is 4.32. The number of fused-ring (bicyclic) bond motifs is 1. The van der Waals surface area contributed by atoms with Gasteiger partial charge in [0.2, 0.25) is 5.91 Å². The SMILES string of the molecule is O=C1NC(=O)C(Cc2ccc3c(c2)CC(Cc2ccccc2)CO3)S1. The van der Waals surface area contributed by atoms with Crippen molar-refractivity contribution in [2.45, 2.75) is 24.5 Å². The van der Waals surface area contributed by atoms with Crippen LogP contribution < -0.4 is 10.1 Å². The molecule has 25 heavy (non-hydrogen) atoms. The van der Waals surface area contributed by atoms with Crippen LogP contribution in [-0.2, 0) is 24.1 Å². The fraction of sp³-hybridized carbons (Fsp3) is 0.300. The van der Waals surface area contributed by atoms with Gasteiger partial charge >= 0.3 is 0 Å². The van der Waals surface area contributed by atoms with E-state index >= 15 is 0 Å². The van der Waals surface area contributed by atoms with E-state index in [-0.39, 0.29) is 16.4 Å². The summed E-state index contributed by atoms with van der Waals surface area (Å²) in [5.41, 5.74) is 3.60. The Kier molecular flexibility index (Phi) is 4.49. The second-order valence-corrected chi connectivity index (χ2v) is 7.78. The van der Waals surface area contributed by atoms with Crippen LogP contribution in [0.1, 0.15) is 16.7 Å². The summed E-state index contributed by atoms with van der Waals surface area (Å²) in [6.07, 6.45) is 2.54. The number of carbonyl (C=O) groups excluding carboxylic acids is 2. The van der Waals surface area contributed by atoms with E-state index in [2.05, 4.69) is 35.6 Å². The third kappa shape index (κ3) is 3.71. The average Bonchev–Trinajstić information content (AvgIpc) is 2.93. The van der Waals surface area contributed by atoms with Crippen LogP contribution in [0.25, 0.3) is 0 Å². The number of rotatable bonds is 4. The monoisotopic (exact) mass is 353 g/mol. The summed E-state index contributed by atoms with van der Waals surface area (Å²) in [7, 11) is 0. The Morgan fingerprint density at radius 3 is 2.64 bits per heavy atom. The number of carbonyl (C=O) groups is 2. The molecule has 1 saturated heterocycles. The first-order chi connectivity index (χ1) is 12.2. The highest BCUT2D eigenvalue weighted by molar-refractivity contribution is 8.15. The summed E-state index contributed by atoms with van der Waals surface area (Å²) < 4.78 is 5.93. The molecule has 5 heteroatoms. The van der Waals surface area contributed by atoms with E-state index in [0.29, 0.717) is 12.3 Å². The van der Waals surface area contributed by atoms with Crippen molar-refractivity contribution < 1.29 is 14.3 Å². The van der Waals surface area contributed by atoms with E-state index in [0.717, 1.165) is 42.5 Å². The lowest BCUT2D eigenvalue weighted by atomic mass is 9.90. The van der Waals surface area contributed by atoms with E-state index in [9.17, 15) is 9.59 Å². The van der Waals surface area contributed by atoms with E-state index in [1.54, 1.807) is 0 Å². The Labute approximate surface area is 151 Å². The topological polar surface area (TPSA) is 55.4 Å². The molecule has 0 spiro atoms. The minimum Gasteiger partial charge on any atom is -0.493 e. The molecule has 2 heterocycles. The molecule has 2 unspecified atom stereocenters. The van der Waals surface area contributed by atoms with Gasteiger partial charge in [0.25, 0.3) is 5.24 Å². The van der Waals surface area contributed by atoms with Gasteiger partial charge in [-0.3, -0.25) is 14.9 Å². The first-order valence-corrected chi connectivity index (χ1v) is 9.35. The molecule has 1 fully saturated rings. The van der Waals surface area contributed by atoms with Gasteiger partial charge in [0.15, 0.2) is 0 Å². The van der Waals surface area contributed by atoms with Crippen molar-refractivity contribution in [2.24, 2.45) is 5.92 Å². The molecule has 0 saturated carbocycles. The number of thioether (sulfide) groups is 1. The lowest BCUT2D eigenvalue weighted by Gasteiger charge is -2.26. The number of benzene rings is 2. The molecule has 4 rings (SSSR count). The molecule has 2 aromatic carbocycles. The molecule has 2 aromatic rings. The Morgan fingerprint density at radius 2 is 1.88 bits per heavy atom. The quantitative estimate of drug-likeness (QED) is 0.916. The fourth-order valence-electron chi connectivity index (χ4n) is 3.46. The van der Waals surface area contributed by atoms with Crippen LogP contribution in [0.15, 0.2) is 48.5 Å². The van der Waals surface area contributed by atoms with Crippen molar-refractivity contribution in [1.29, 1.82) is 0 Å². The van der Waals surface area contributed by atoms with Crippen LogP contribution in [0.3, 0.4) is 0 Å². The molecule has 4 nitrogen and oxygen atoms in total. The molecular formula is C20H19NO3S. The number of hydrogen-bond donors (Lipinski definition) is 1. The first kappa shape index (κ1) is 16.2. The van der Waals surface area contributed by atoms with E-state index < -0.39 is 0 Å². The third-order valence-corrected chi connectivity index (χ3v) is 5.64. The molecule has 0 bridgehead atoms. The van der Waals surface area contributed by atoms with Crippen molar-refractivity contribution in [3.63, 3.8) is 0 Å². The molecule has 0 aliphatic carbocycles. The van der Waals surface area contributed by atoms with Crippen LogP contribution in [0, 0.1) is 5.92 Å². The van der Waals surface area contributed by atoms with E-state index in [1.807, 2.05) is 18.2 Å². The van der Waals surface area contributed by atoms with Gasteiger partial charge in [0, 0.05) is 5.92 Å². The first-order valence-electron chi connectivity index (χ1n) is 8.47. The van der Waals surface area contributed by atoms with Crippen molar-refractivity contribution in [3.8, 4) is 5.75 Å². The predicted octanol–water partition coefficient (Wildman–Crippen LogP) is 3.37. The van der Waals surface area contributed by atoms with Crippen LogP contribution in [0.4, 0.5) is 4.79 Å². The van der Waals surface area contributed by atoms with Gasteiger partial charge in [0.05, 0.1) is 11.9 Å². The van der Waals surface area contributed by atoms with Gasteiger partial charge in [-0.25, -0.2) is 0 Å². The van der Waals surface area contributed by atoms with Crippen LogP contribution in [-0.4, -0.2) is 23.0 Å². The molecule has 0 aromatic heterocycles. The Morgan fingerprint density at radius 1 is 1.04 bits per heavy atom. The number of imide groups is 1. The van der Waals surface area contributed by atoms with Crippen LogP contribution in [0.5, 0.6) is 5.75 Å². The maximum absolute atomic E-state index is 11.8. The number of nitrogens with one attached hydrogen (secondary N) is 1. The van der Waals surface area contributed by atoms with Gasteiger partial charge in [-0.05, 0) is 42.0 Å². The van der Waals surface area contributed by atoms with Gasteiger partial charge in [-0.2, -0.15) is 0 Å². The lowest BCUT2D eigenvalue weighted by molar-refractivity contribution is -0.118. The second kappa shape index (κ2) is 6.92. The smallest absolute Gasteiger partial charge is 0.286 e. The largest absolute Gasteiger partial charge is 0.493 e. The molecule has 2 atom stereocenters. The third-order valence-electron chi connectivity index (χ3n) is 4.66. The molecule has 1 N–H and O–H groups in total. The zero-order valence-corrected chi connectivity index (χ0v) is 14.6. The Hall–Kier alpha value is -2.27. The van der Waals surface area contributed by atoms with Crippen molar-refractivity contribution in [1.82, 2.24) is 5.32 Å². The highest BCUT2D eigenvalue weighted by Crippen LogP contribution is 2.31. The predicted molar refractivity (Wildman–Crippen MR) is 97.9 cm³/mol. The Bertz CT molecular complexity index is 806. The normalized spacial score (nSPS) is 22.2. The van der Waals surface area contributed by atoms with Gasteiger partial charge in [0.1, 0.15) is 5.75 Å². The summed E-state index contributed by atoms with van der Waals surface area (Å²) in [5.74, 6) is 1.20. The number of ether oxygens (including phenoxy) is 1. The number of amides is 2. The second-order valence-electron chi connectivity index (χ2n) is 6.60. The minimum atomic E-state index is -0.324. The van der Waals surface area contributed by atoms with Gasteiger partial charge < -0.3 is 4.74 Å². The molecule has 2 aliphatic rings.